The van der Waals surface area contributed by atoms with Crippen molar-refractivity contribution in [3.8, 4) is 0 Å². The molecule has 2 amide bonds. The molecular weight excluding hydrogens is 326 g/mol. The molecule has 1 aromatic carbocycles. The van der Waals surface area contributed by atoms with Crippen LogP contribution in [0.15, 0.2) is 18.2 Å². The zero-order valence-electron chi connectivity index (χ0n) is 16.5. The van der Waals surface area contributed by atoms with E-state index in [2.05, 4.69) is 17.1 Å². The maximum atomic E-state index is 13.1. The van der Waals surface area contributed by atoms with Crippen LogP contribution in [0, 0.1) is 0 Å². The van der Waals surface area contributed by atoms with Crippen LogP contribution in [0.1, 0.15) is 69.7 Å². The highest BCUT2D eigenvalue weighted by Crippen LogP contribution is 2.28. The lowest BCUT2D eigenvalue weighted by atomic mass is 10.0. The molecule has 0 aliphatic carbocycles. The first-order chi connectivity index (χ1) is 12.6. The number of amides is 2. The van der Waals surface area contributed by atoms with Crippen molar-refractivity contribution in [3.05, 3.63) is 23.8 Å². The Morgan fingerprint density at radius 3 is 2.38 bits per heavy atom. The number of hydrogen-bond acceptors (Lipinski definition) is 3. The van der Waals surface area contributed by atoms with Crippen LogP contribution >= 0.6 is 0 Å². The van der Waals surface area contributed by atoms with Gasteiger partial charge in [0.1, 0.15) is 0 Å². The number of piperidine rings is 1. The molecule has 5 heteroatoms. The quantitative estimate of drug-likeness (QED) is 0.753. The number of carbonyl (C=O) groups excluding carboxylic acids is 2. The smallest absolute Gasteiger partial charge is 0.256 e. The Morgan fingerprint density at radius 1 is 1.08 bits per heavy atom. The summed E-state index contributed by atoms with van der Waals surface area (Å²) in [5, 5.41) is 2.95. The van der Waals surface area contributed by atoms with Crippen molar-refractivity contribution in [3.63, 3.8) is 0 Å². The molecule has 1 saturated heterocycles. The van der Waals surface area contributed by atoms with Crippen molar-refractivity contribution in [1.82, 2.24) is 4.90 Å². The fourth-order valence-corrected chi connectivity index (χ4v) is 3.44. The van der Waals surface area contributed by atoms with Gasteiger partial charge in [-0.05, 0) is 57.7 Å². The zero-order chi connectivity index (χ0) is 18.9. The molecule has 26 heavy (non-hydrogen) atoms. The summed E-state index contributed by atoms with van der Waals surface area (Å²) in [6.45, 7) is 9.41. The molecule has 0 unspecified atom stereocenters. The molecule has 0 atom stereocenters. The molecule has 1 fully saturated rings. The Bertz CT molecular complexity index is 605. The van der Waals surface area contributed by atoms with Crippen LogP contribution in [0.2, 0.25) is 0 Å². The lowest BCUT2D eigenvalue weighted by molar-refractivity contribution is -0.116. The molecule has 0 spiro atoms. The van der Waals surface area contributed by atoms with Crippen LogP contribution < -0.4 is 10.2 Å². The summed E-state index contributed by atoms with van der Waals surface area (Å²) in [6, 6.07) is 5.78. The van der Waals surface area contributed by atoms with E-state index < -0.39 is 0 Å². The average molecular weight is 360 g/mol. The van der Waals surface area contributed by atoms with E-state index in [-0.39, 0.29) is 11.8 Å². The Morgan fingerprint density at radius 2 is 1.77 bits per heavy atom. The fraction of sp³-hybridized carbons (Fsp3) is 0.619. The highest BCUT2D eigenvalue weighted by Gasteiger charge is 2.22. The van der Waals surface area contributed by atoms with Gasteiger partial charge in [0.05, 0.1) is 5.56 Å². The number of benzene rings is 1. The second-order valence-electron chi connectivity index (χ2n) is 6.91. The number of anilines is 2. The van der Waals surface area contributed by atoms with Gasteiger partial charge in [-0.3, -0.25) is 9.59 Å². The van der Waals surface area contributed by atoms with Gasteiger partial charge < -0.3 is 15.1 Å². The maximum absolute atomic E-state index is 13.1. The second kappa shape index (κ2) is 10.2. The van der Waals surface area contributed by atoms with Gasteiger partial charge in [-0.25, -0.2) is 0 Å². The summed E-state index contributed by atoms with van der Waals surface area (Å²) < 4.78 is 0. The predicted octanol–water partition coefficient (Wildman–Crippen LogP) is 4.29. The molecule has 1 aliphatic rings. The molecular formula is C21H33N3O2. The van der Waals surface area contributed by atoms with Gasteiger partial charge in [0.25, 0.3) is 5.91 Å². The van der Waals surface area contributed by atoms with Gasteiger partial charge in [-0.15, -0.1) is 0 Å². The lowest BCUT2D eigenvalue weighted by Gasteiger charge is -2.31. The minimum atomic E-state index is 0.0128. The summed E-state index contributed by atoms with van der Waals surface area (Å²) in [7, 11) is 0. The van der Waals surface area contributed by atoms with Crippen molar-refractivity contribution in [2.24, 2.45) is 0 Å². The van der Waals surface area contributed by atoms with Crippen LogP contribution in [0.4, 0.5) is 11.4 Å². The molecule has 0 radical (unpaired) electrons. The van der Waals surface area contributed by atoms with Crippen LogP contribution in [-0.2, 0) is 4.79 Å². The summed E-state index contributed by atoms with van der Waals surface area (Å²) >= 11 is 0. The van der Waals surface area contributed by atoms with Gasteiger partial charge in [0, 0.05) is 44.0 Å². The van der Waals surface area contributed by atoms with Crippen molar-refractivity contribution < 1.29 is 9.59 Å². The predicted molar refractivity (Wildman–Crippen MR) is 108 cm³/mol. The summed E-state index contributed by atoms with van der Waals surface area (Å²) in [5.41, 5.74) is 2.40. The van der Waals surface area contributed by atoms with Gasteiger partial charge in [0.2, 0.25) is 5.91 Å². The SMILES string of the molecule is CCCCC(=O)Nc1ccc(N2CCCCC2)c(C(=O)N(CC)CC)c1. The van der Waals surface area contributed by atoms with Crippen LogP contribution in [0.5, 0.6) is 0 Å². The molecule has 0 bridgehead atoms. The lowest BCUT2D eigenvalue weighted by Crippen LogP contribution is -2.35. The van der Waals surface area contributed by atoms with Crippen molar-refractivity contribution in [2.45, 2.75) is 59.3 Å². The second-order valence-corrected chi connectivity index (χ2v) is 6.91. The topological polar surface area (TPSA) is 52.7 Å². The molecule has 1 aromatic rings. The van der Waals surface area contributed by atoms with Gasteiger partial charge in [0.15, 0.2) is 0 Å². The Labute approximate surface area is 157 Å². The maximum Gasteiger partial charge on any atom is 0.256 e. The van der Waals surface area contributed by atoms with Crippen molar-refractivity contribution >= 4 is 23.2 Å². The molecule has 1 N–H and O–H groups in total. The molecule has 0 saturated carbocycles. The minimum Gasteiger partial charge on any atom is -0.371 e. The third kappa shape index (κ3) is 5.23. The van der Waals surface area contributed by atoms with Crippen LogP contribution in [-0.4, -0.2) is 42.9 Å². The first-order valence-corrected chi connectivity index (χ1v) is 10.1. The first kappa shape index (κ1) is 20.3. The summed E-state index contributed by atoms with van der Waals surface area (Å²) in [5.74, 6) is 0.0547. The largest absolute Gasteiger partial charge is 0.371 e. The van der Waals surface area contributed by atoms with E-state index in [0.29, 0.717) is 30.8 Å². The van der Waals surface area contributed by atoms with E-state index >= 15 is 0 Å². The fourth-order valence-electron chi connectivity index (χ4n) is 3.44. The standard InChI is InChI=1S/C21H33N3O2/c1-4-7-11-20(25)22-17-12-13-19(24-14-9-8-10-15-24)18(16-17)21(26)23(5-2)6-3/h12-13,16H,4-11,14-15H2,1-3H3,(H,22,25). The van der Waals surface area contributed by atoms with Crippen LogP contribution in [0.3, 0.4) is 0 Å². The Hall–Kier alpha value is -2.04. The van der Waals surface area contributed by atoms with E-state index in [1.807, 2.05) is 36.9 Å². The van der Waals surface area contributed by atoms with Crippen LogP contribution in [0.25, 0.3) is 0 Å². The van der Waals surface area contributed by atoms with E-state index in [9.17, 15) is 9.59 Å². The van der Waals surface area contributed by atoms with Gasteiger partial charge in [-0.2, -0.15) is 0 Å². The van der Waals surface area contributed by atoms with Gasteiger partial charge in [-0.1, -0.05) is 13.3 Å². The van der Waals surface area contributed by atoms with E-state index in [0.717, 1.165) is 44.5 Å². The van der Waals surface area contributed by atoms with E-state index in [1.54, 1.807) is 0 Å². The monoisotopic (exact) mass is 359 g/mol. The zero-order valence-corrected chi connectivity index (χ0v) is 16.5. The minimum absolute atomic E-state index is 0.0128. The molecule has 1 aliphatic heterocycles. The summed E-state index contributed by atoms with van der Waals surface area (Å²) in [4.78, 5) is 29.3. The first-order valence-electron chi connectivity index (χ1n) is 10.1. The van der Waals surface area contributed by atoms with Crippen molar-refractivity contribution in [2.75, 3.05) is 36.4 Å². The molecule has 2 rings (SSSR count). The number of nitrogens with zero attached hydrogens (tertiary/aromatic N) is 2. The average Bonchev–Trinajstić information content (AvgIpc) is 2.68. The highest BCUT2D eigenvalue weighted by atomic mass is 16.2. The Balaban J connectivity index is 2.29. The molecule has 5 nitrogen and oxygen atoms in total. The normalized spacial score (nSPS) is 14.2. The summed E-state index contributed by atoms with van der Waals surface area (Å²) in [6.07, 6.45) is 5.96. The Kier molecular flexibility index (Phi) is 7.95. The number of rotatable bonds is 8. The number of hydrogen-bond donors (Lipinski definition) is 1. The highest BCUT2D eigenvalue weighted by molar-refractivity contribution is 6.02. The third-order valence-corrected chi connectivity index (χ3v) is 5.02. The van der Waals surface area contributed by atoms with E-state index in [4.69, 9.17) is 0 Å². The number of nitrogens with one attached hydrogen (secondary N) is 1. The van der Waals surface area contributed by atoms with Crippen molar-refractivity contribution in [1.29, 1.82) is 0 Å². The molecule has 0 aromatic heterocycles. The number of carbonyl (C=O) groups is 2. The molecule has 1 heterocycles. The third-order valence-electron chi connectivity index (χ3n) is 5.02. The van der Waals surface area contributed by atoms with E-state index in [1.165, 1.54) is 6.42 Å². The number of unbranched alkanes of at least 4 members (excludes halogenated alkanes) is 1. The van der Waals surface area contributed by atoms with Gasteiger partial charge >= 0.3 is 0 Å². The molecule has 144 valence electrons.